The molecule has 0 saturated heterocycles. The Hall–Kier alpha value is -0.690. The Labute approximate surface area is 62.9 Å². The second-order valence-electron chi connectivity index (χ2n) is 1.73. The molecule has 7 heteroatoms. The van der Waals surface area contributed by atoms with E-state index in [0.29, 0.717) is 0 Å². The van der Waals surface area contributed by atoms with E-state index in [4.69, 9.17) is 4.55 Å². The van der Waals surface area contributed by atoms with E-state index < -0.39 is 22.1 Å². The average Bonchev–Trinajstić information content (AvgIpc) is 1.78. The molecule has 1 N–H and O–H groups in total. The van der Waals surface area contributed by atoms with Gasteiger partial charge in [0.1, 0.15) is 0 Å². The molecule has 11 heavy (non-hydrogen) atoms. The second-order valence-corrected chi connectivity index (χ2v) is 3.30. The van der Waals surface area contributed by atoms with Crippen LogP contribution < -0.4 is 0 Å². The van der Waals surface area contributed by atoms with Crippen molar-refractivity contribution < 1.29 is 26.9 Å². The first-order valence-electron chi connectivity index (χ1n) is 2.69. The summed E-state index contributed by atoms with van der Waals surface area (Å²) in [5, 5.41) is 0. The van der Waals surface area contributed by atoms with Crippen molar-refractivity contribution in [2.75, 3.05) is 12.4 Å². The molecular formula is C4H7FO5S. The predicted molar refractivity (Wildman–Crippen MR) is 33.5 cm³/mol. The molecular weight excluding hydrogens is 179 g/mol. The van der Waals surface area contributed by atoms with Crippen molar-refractivity contribution in [1.82, 2.24) is 0 Å². The lowest BCUT2D eigenvalue weighted by Crippen LogP contribution is -2.07. The van der Waals surface area contributed by atoms with E-state index in [1.807, 2.05) is 0 Å². The number of ether oxygens (including phenoxy) is 1. The smallest absolute Gasteiger partial charge is 0.440 e. The lowest BCUT2D eigenvalue weighted by Gasteiger charge is -1.96. The largest absolute Gasteiger partial charge is 0.495 e. The number of halogens is 1. The average molecular weight is 186 g/mol. The van der Waals surface area contributed by atoms with Gasteiger partial charge in [0.15, 0.2) is 0 Å². The van der Waals surface area contributed by atoms with Crippen LogP contribution in [-0.4, -0.2) is 31.6 Å². The van der Waals surface area contributed by atoms with Crippen molar-refractivity contribution in [2.45, 2.75) is 6.42 Å². The maximum atomic E-state index is 11.2. The maximum absolute atomic E-state index is 11.2. The Morgan fingerprint density at radius 1 is 1.55 bits per heavy atom. The van der Waals surface area contributed by atoms with Crippen LogP contribution in [0.4, 0.5) is 9.18 Å². The van der Waals surface area contributed by atoms with Gasteiger partial charge >= 0.3 is 6.22 Å². The summed E-state index contributed by atoms with van der Waals surface area (Å²) in [7, 11) is -4.04. The molecule has 0 aromatic heterocycles. The van der Waals surface area contributed by atoms with Crippen molar-refractivity contribution in [1.29, 1.82) is 0 Å². The minimum Gasteiger partial charge on any atom is -0.440 e. The third kappa shape index (κ3) is 9.31. The van der Waals surface area contributed by atoms with E-state index in [0.717, 1.165) is 0 Å². The maximum Gasteiger partial charge on any atom is 0.495 e. The van der Waals surface area contributed by atoms with Crippen LogP contribution in [0.2, 0.25) is 0 Å². The Morgan fingerprint density at radius 3 is 2.45 bits per heavy atom. The van der Waals surface area contributed by atoms with Gasteiger partial charge in [-0.1, -0.05) is 0 Å². The highest BCUT2D eigenvalue weighted by atomic mass is 32.2. The molecule has 0 atom stereocenters. The summed E-state index contributed by atoms with van der Waals surface area (Å²) in [6, 6.07) is 0. The van der Waals surface area contributed by atoms with Gasteiger partial charge in [-0.3, -0.25) is 4.55 Å². The van der Waals surface area contributed by atoms with Gasteiger partial charge in [-0.15, -0.1) is 4.39 Å². The molecule has 0 aliphatic heterocycles. The van der Waals surface area contributed by atoms with Crippen molar-refractivity contribution in [3.8, 4) is 0 Å². The fourth-order valence-electron chi connectivity index (χ4n) is 0.394. The molecule has 0 saturated carbocycles. The van der Waals surface area contributed by atoms with Crippen LogP contribution >= 0.6 is 0 Å². The van der Waals surface area contributed by atoms with E-state index in [-0.39, 0.29) is 13.0 Å². The predicted octanol–water partition coefficient (Wildman–Crippen LogP) is 0.370. The van der Waals surface area contributed by atoms with Crippen molar-refractivity contribution in [3.63, 3.8) is 0 Å². The van der Waals surface area contributed by atoms with Crippen LogP contribution in [0.15, 0.2) is 0 Å². The summed E-state index contributed by atoms with van der Waals surface area (Å²) in [5.41, 5.74) is 0. The molecule has 0 amide bonds. The van der Waals surface area contributed by atoms with Crippen LogP contribution in [0, 0.1) is 0 Å². The van der Waals surface area contributed by atoms with Crippen LogP contribution in [0.25, 0.3) is 0 Å². The monoisotopic (exact) mass is 186 g/mol. The molecule has 0 aliphatic rings. The highest BCUT2D eigenvalue weighted by Gasteiger charge is 2.04. The molecule has 5 nitrogen and oxygen atoms in total. The standard InChI is InChI=1S/C4H7FO5S/c5-4(6)10-2-1-3-11(7,8)9/h1-3H2,(H,7,8,9). The van der Waals surface area contributed by atoms with Gasteiger partial charge in [-0.2, -0.15) is 8.42 Å². The molecule has 0 aliphatic carbocycles. The van der Waals surface area contributed by atoms with Crippen LogP contribution in [-0.2, 0) is 14.9 Å². The summed E-state index contributed by atoms with van der Waals surface area (Å²) < 4.78 is 43.1. The van der Waals surface area contributed by atoms with Crippen molar-refractivity contribution in [3.05, 3.63) is 0 Å². The van der Waals surface area contributed by atoms with Crippen LogP contribution in [0.3, 0.4) is 0 Å². The molecule has 0 bridgehead atoms. The van der Waals surface area contributed by atoms with Gasteiger partial charge in [-0.05, 0) is 6.42 Å². The van der Waals surface area contributed by atoms with Crippen molar-refractivity contribution >= 4 is 16.3 Å². The number of hydrogen-bond donors (Lipinski definition) is 1. The molecule has 0 spiro atoms. The van der Waals surface area contributed by atoms with Gasteiger partial charge in [0, 0.05) is 0 Å². The Balaban J connectivity index is 3.37. The fraction of sp³-hybridized carbons (Fsp3) is 0.750. The third-order valence-corrected chi connectivity index (χ3v) is 1.57. The number of rotatable bonds is 4. The number of carbonyl (C=O) groups excluding carboxylic acids is 1. The molecule has 0 unspecified atom stereocenters. The van der Waals surface area contributed by atoms with Gasteiger partial charge in [0.2, 0.25) is 0 Å². The Kier molecular flexibility index (Phi) is 3.98. The molecule has 0 aromatic rings. The Morgan fingerprint density at radius 2 is 2.09 bits per heavy atom. The van der Waals surface area contributed by atoms with E-state index >= 15 is 0 Å². The van der Waals surface area contributed by atoms with Gasteiger partial charge in [0.05, 0.1) is 12.4 Å². The second kappa shape index (κ2) is 4.24. The van der Waals surface area contributed by atoms with Crippen LogP contribution in [0.5, 0.6) is 0 Å². The summed E-state index contributed by atoms with van der Waals surface area (Å²) in [5.74, 6) is -0.541. The lowest BCUT2D eigenvalue weighted by molar-refractivity contribution is 0.121. The normalized spacial score (nSPS) is 11.1. The quantitative estimate of drug-likeness (QED) is 0.389. The minimum atomic E-state index is -4.04. The zero-order valence-corrected chi connectivity index (χ0v) is 6.30. The van der Waals surface area contributed by atoms with Crippen LogP contribution in [0.1, 0.15) is 6.42 Å². The molecule has 66 valence electrons. The van der Waals surface area contributed by atoms with E-state index in [1.165, 1.54) is 0 Å². The first kappa shape index (κ1) is 10.3. The molecule has 0 fully saturated rings. The molecule has 0 heterocycles. The molecule has 0 radical (unpaired) electrons. The third-order valence-electron chi connectivity index (χ3n) is 0.762. The molecule has 0 aromatic carbocycles. The molecule has 0 rings (SSSR count). The number of carbonyl (C=O) groups is 1. The zero-order chi connectivity index (χ0) is 8.91. The highest BCUT2D eigenvalue weighted by molar-refractivity contribution is 7.85. The van der Waals surface area contributed by atoms with E-state index in [2.05, 4.69) is 4.74 Å². The fourth-order valence-corrected chi connectivity index (χ4v) is 0.876. The van der Waals surface area contributed by atoms with E-state index in [9.17, 15) is 17.6 Å². The summed E-state index contributed by atoms with van der Waals surface area (Å²) in [6.45, 7) is -0.352. The van der Waals surface area contributed by atoms with Gasteiger partial charge < -0.3 is 4.74 Å². The van der Waals surface area contributed by atoms with Gasteiger partial charge in [-0.25, -0.2) is 4.79 Å². The first-order chi connectivity index (χ1) is 4.92. The highest BCUT2D eigenvalue weighted by Crippen LogP contribution is 1.90. The Bertz CT molecular complexity index is 221. The zero-order valence-electron chi connectivity index (χ0n) is 5.49. The van der Waals surface area contributed by atoms with E-state index in [1.54, 1.807) is 0 Å². The van der Waals surface area contributed by atoms with Crippen molar-refractivity contribution in [2.24, 2.45) is 0 Å². The summed E-state index contributed by atoms with van der Waals surface area (Å²) in [6.07, 6.45) is -2.07. The number of hydrogen-bond acceptors (Lipinski definition) is 4. The lowest BCUT2D eigenvalue weighted by atomic mass is 10.5. The minimum absolute atomic E-state index is 0.117. The SMILES string of the molecule is O=C(F)OCCCS(=O)(=O)O. The summed E-state index contributed by atoms with van der Waals surface area (Å²) in [4.78, 5) is 9.47. The summed E-state index contributed by atoms with van der Waals surface area (Å²) >= 11 is 0. The topological polar surface area (TPSA) is 80.7 Å². The van der Waals surface area contributed by atoms with Gasteiger partial charge in [0.25, 0.3) is 10.1 Å². The first-order valence-corrected chi connectivity index (χ1v) is 4.30.